The van der Waals surface area contributed by atoms with Gasteiger partial charge in [0.25, 0.3) is 5.91 Å². The Morgan fingerprint density at radius 3 is 2.47 bits per heavy atom. The summed E-state index contributed by atoms with van der Waals surface area (Å²) in [4.78, 5) is 25.8. The van der Waals surface area contributed by atoms with Crippen molar-refractivity contribution in [3.05, 3.63) is 46.7 Å². The minimum absolute atomic E-state index is 0.135. The van der Waals surface area contributed by atoms with Gasteiger partial charge < -0.3 is 16.0 Å². The lowest BCUT2D eigenvalue weighted by Gasteiger charge is -2.06. The molecule has 0 unspecified atom stereocenters. The molecular weight excluding hydrogens is 266 g/mol. The van der Waals surface area contributed by atoms with Crippen molar-refractivity contribution >= 4 is 34.7 Å². The molecule has 2 aromatic rings. The summed E-state index contributed by atoms with van der Waals surface area (Å²) in [5.74, 6) is -0.510. The number of hydrogen-bond acceptors (Lipinski definition) is 3. The summed E-state index contributed by atoms with van der Waals surface area (Å²) in [6.07, 6.45) is 0. The number of nitrogens with one attached hydrogen (secondary N) is 2. The van der Waals surface area contributed by atoms with Crippen LogP contribution in [0.4, 0.5) is 11.4 Å². The first-order chi connectivity index (χ1) is 8.97. The maximum atomic E-state index is 11.9. The Labute approximate surface area is 114 Å². The zero-order valence-corrected chi connectivity index (χ0v) is 10.9. The summed E-state index contributed by atoms with van der Waals surface area (Å²) >= 11 is 5.96. The van der Waals surface area contributed by atoms with Crippen molar-refractivity contribution in [3.8, 4) is 0 Å². The van der Waals surface area contributed by atoms with Crippen molar-refractivity contribution in [2.45, 2.75) is 6.92 Å². The number of H-pyrrole nitrogens is 1. The van der Waals surface area contributed by atoms with E-state index in [2.05, 4.69) is 10.3 Å². The van der Waals surface area contributed by atoms with E-state index in [-0.39, 0.29) is 17.4 Å². The molecule has 0 aliphatic heterocycles. The van der Waals surface area contributed by atoms with Crippen LogP contribution in [0.3, 0.4) is 0 Å². The number of carbonyl (C=O) groups is 2. The van der Waals surface area contributed by atoms with E-state index in [1.807, 2.05) is 0 Å². The van der Waals surface area contributed by atoms with Crippen LogP contribution in [0.5, 0.6) is 0 Å². The van der Waals surface area contributed by atoms with Crippen LogP contribution in [0.1, 0.15) is 27.9 Å². The molecular formula is C13H12ClN3O2. The van der Waals surface area contributed by atoms with Crippen molar-refractivity contribution in [2.24, 2.45) is 0 Å². The Hall–Kier alpha value is -2.27. The minimum atomic E-state index is -0.376. The highest BCUT2D eigenvalue weighted by molar-refractivity contribution is 6.34. The number of nitrogen functional groups attached to an aromatic ring is 1. The molecule has 4 N–H and O–H groups in total. The number of Topliss-reactive ketones (excluding diaryl/α,β-unsaturated/α-hetero) is 1. The van der Waals surface area contributed by atoms with Crippen LogP contribution in [0, 0.1) is 0 Å². The lowest BCUT2D eigenvalue weighted by Crippen LogP contribution is -2.13. The molecule has 1 aromatic carbocycles. The Bertz CT molecular complexity index is 649. The number of rotatable bonds is 3. The van der Waals surface area contributed by atoms with E-state index in [1.165, 1.54) is 13.0 Å². The van der Waals surface area contributed by atoms with Gasteiger partial charge in [0.15, 0.2) is 5.78 Å². The molecule has 0 saturated carbocycles. The van der Waals surface area contributed by atoms with Crippen molar-refractivity contribution < 1.29 is 9.59 Å². The van der Waals surface area contributed by atoms with Gasteiger partial charge in [-0.15, -0.1) is 0 Å². The number of amides is 1. The highest BCUT2D eigenvalue weighted by Crippen LogP contribution is 2.24. The van der Waals surface area contributed by atoms with E-state index < -0.39 is 0 Å². The van der Waals surface area contributed by atoms with Crippen LogP contribution in [-0.2, 0) is 0 Å². The number of nitrogens with two attached hydrogens (primary N) is 1. The lowest BCUT2D eigenvalue weighted by molar-refractivity contribution is 0.101. The standard InChI is InChI=1S/C13H12ClN3O2/c1-7(18)10-4-5-12(16-10)13(19)17-11-3-2-8(15)6-9(11)14/h2-6,16H,15H2,1H3,(H,17,19). The SMILES string of the molecule is CC(=O)c1ccc(C(=O)Nc2ccc(N)cc2Cl)[nH]1. The van der Waals surface area contributed by atoms with Crippen LogP contribution in [0.25, 0.3) is 0 Å². The maximum absolute atomic E-state index is 11.9. The first-order valence-corrected chi connectivity index (χ1v) is 5.91. The zero-order chi connectivity index (χ0) is 14.0. The molecule has 98 valence electrons. The Morgan fingerprint density at radius 2 is 1.89 bits per heavy atom. The van der Waals surface area contributed by atoms with Crippen LogP contribution in [-0.4, -0.2) is 16.7 Å². The zero-order valence-electron chi connectivity index (χ0n) is 10.2. The monoisotopic (exact) mass is 277 g/mol. The molecule has 2 rings (SSSR count). The molecule has 0 atom stereocenters. The highest BCUT2D eigenvalue weighted by atomic mass is 35.5. The average molecular weight is 278 g/mol. The van der Waals surface area contributed by atoms with Crippen LogP contribution in [0.15, 0.2) is 30.3 Å². The van der Waals surface area contributed by atoms with Gasteiger partial charge in [-0.2, -0.15) is 0 Å². The fraction of sp³-hybridized carbons (Fsp3) is 0.0769. The van der Waals surface area contributed by atoms with Gasteiger partial charge in [-0.25, -0.2) is 0 Å². The second-order valence-corrected chi connectivity index (χ2v) is 4.44. The Kier molecular flexibility index (Phi) is 3.57. The number of ketones is 1. The first kappa shape index (κ1) is 13.2. The molecule has 0 bridgehead atoms. The van der Waals surface area contributed by atoms with Crippen molar-refractivity contribution in [1.29, 1.82) is 0 Å². The summed E-state index contributed by atoms with van der Waals surface area (Å²) in [6, 6.07) is 7.90. The summed E-state index contributed by atoms with van der Waals surface area (Å²) < 4.78 is 0. The number of benzene rings is 1. The van der Waals surface area contributed by atoms with E-state index in [4.69, 9.17) is 17.3 Å². The van der Waals surface area contributed by atoms with E-state index in [0.29, 0.717) is 22.1 Å². The van der Waals surface area contributed by atoms with E-state index in [1.54, 1.807) is 24.3 Å². The molecule has 19 heavy (non-hydrogen) atoms. The molecule has 0 spiro atoms. The van der Waals surface area contributed by atoms with E-state index >= 15 is 0 Å². The summed E-state index contributed by atoms with van der Waals surface area (Å²) in [5, 5.41) is 2.99. The summed E-state index contributed by atoms with van der Waals surface area (Å²) in [5.41, 5.74) is 7.21. The molecule has 1 aromatic heterocycles. The van der Waals surface area contributed by atoms with Gasteiger partial charge in [0, 0.05) is 12.6 Å². The summed E-state index contributed by atoms with van der Waals surface area (Å²) in [6.45, 7) is 1.42. The molecule has 5 nitrogen and oxygen atoms in total. The molecule has 0 saturated heterocycles. The molecule has 0 radical (unpaired) electrons. The number of carbonyl (C=O) groups excluding carboxylic acids is 2. The van der Waals surface area contributed by atoms with Gasteiger partial charge in [0.05, 0.1) is 16.4 Å². The molecule has 0 aliphatic rings. The Balaban J connectivity index is 2.18. The number of anilines is 2. The number of halogens is 1. The van der Waals surface area contributed by atoms with Crippen LogP contribution in [0.2, 0.25) is 5.02 Å². The van der Waals surface area contributed by atoms with Crippen molar-refractivity contribution in [3.63, 3.8) is 0 Å². The van der Waals surface area contributed by atoms with Crippen LogP contribution >= 0.6 is 11.6 Å². The fourth-order valence-electron chi connectivity index (χ4n) is 1.56. The molecule has 1 amide bonds. The quantitative estimate of drug-likeness (QED) is 0.595. The Morgan fingerprint density at radius 1 is 1.21 bits per heavy atom. The van der Waals surface area contributed by atoms with E-state index in [9.17, 15) is 9.59 Å². The number of aromatic amines is 1. The predicted octanol–water partition coefficient (Wildman–Crippen LogP) is 2.71. The average Bonchev–Trinajstić information content (AvgIpc) is 2.82. The third kappa shape index (κ3) is 2.95. The second kappa shape index (κ2) is 5.16. The third-order valence-electron chi connectivity index (χ3n) is 2.55. The van der Waals surface area contributed by atoms with Gasteiger partial charge in [0.1, 0.15) is 5.69 Å². The maximum Gasteiger partial charge on any atom is 0.272 e. The molecule has 0 fully saturated rings. The van der Waals surface area contributed by atoms with Gasteiger partial charge in [-0.1, -0.05) is 11.6 Å². The number of aromatic nitrogens is 1. The topological polar surface area (TPSA) is 88.0 Å². The molecule has 1 heterocycles. The summed E-state index contributed by atoms with van der Waals surface area (Å²) in [7, 11) is 0. The third-order valence-corrected chi connectivity index (χ3v) is 2.86. The minimum Gasteiger partial charge on any atom is -0.399 e. The van der Waals surface area contributed by atoms with Gasteiger partial charge in [0.2, 0.25) is 0 Å². The fourth-order valence-corrected chi connectivity index (χ4v) is 1.79. The smallest absolute Gasteiger partial charge is 0.272 e. The highest BCUT2D eigenvalue weighted by Gasteiger charge is 2.12. The molecule has 0 aliphatic carbocycles. The first-order valence-electron chi connectivity index (χ1n) is 5.53. The lowest BCUT2D eigenvalue weighted by atomic mass is 10.2. The number of hydrogen-bond donors (Lipinski definition) is 3. The van der Waals surface area contributed by atoms with Gasteiger partial charge in [-0.3, -0.25) is 9.59 Å². The van der Waals surface area contributed by atoms with E-state index in [0.717, 1.165) is 0 Å². The normalized spacial score (nSPS) is 10.2. The van der Waals surface area contributed by atoms with Crippen molar-refractivity contribution in [2.75, 3.05) is 11.1 Å². The van der Waals surface area contributed by atoms with Crippen molar-refractivity contribution in [1.82, 2.24) is 4.98 Å². The second-order valence-electron chi connectivity index (χ2n) is 4.04. The predicted molar refractivity (Wildman–Crippen MR) is 74.6 cm³/mol. The van der Waals surface area contributed by atoms with Crippen LogP contribution < -0.4 is 11.1 Å². The van der Waals surface area contributed by atoms with Gasteiger partial charge in [-0.05, 0) is 30.3 Å². The molecule has 6 heteroatoms. The van der Waals surface area contributed by atoms with Gasteiger partial charge >= 0.3 is 0 Å². The largest absolute Gasteiger partial charge is 0.399 e.